The molecule has 0 bridgehead atoms. The normalized spacial score (nSPS) is 17.7. The van der Waals surface area contributed by atoms with Crippen LogP contribution in [0.3, 0.4) is 0 Å². The van der Waals surface area contributed by atoms with E-state index in [0.717, 1.165) is 12.8 Å². The van der Waals surface area contributed by atoms with Crippen LogP contribution in [0.25, 0.3) is 11.5 Å². The highest BCUT2D eigenvalue weighted by atomic mass is 32.1. The Morgan fingerprint density at radius 2 is 2.07 bits per heavy atom. The fourth-order valence-electron chi connectivity index (χ4n) is 3.01. The average molecular weight is 410 g/mol. The fraction of sp³-hybridized carbons (Fsp3) is 0.375. The third-order valence-corrected chi connectivity index (χ3v) is 5.08. The molecule has 0 unspecified atom stereocenters. The van der Waals surface area contributed by atoms with Crippen molar-refractivity contribution in [3.8, 4) is 11.5 Å². The van der Waals surface area contributed by atoms with Gasteiger partial charge in [0.25, 0.3) is 5.91 Å². The lowest BCUT2D eigenvalue weighted by molar-refractivity contribution is -0.159. The van der Waals surface area contributed by atoms with Crippen LogP contribution >= 0.6 is 11.3 Å². The van der Waals surface area contributed by atoms with Crippen molar-refractivity contribution in [2.24, 2.45) is 0 Å². The average Bonchev–Trinajstić information content (AvgIpc) is 3.39. The molecule has 3 aromatic rings. The molecule has 3 aromatic heterocycles. The Morgan fingerprint density at radius 3 is 2.79 bits per heavy atom. The Bertz CT molecular complexity index is 975. The van der Waals surface area contributed by atoms with Crippen molar-refractivity contribution in [2.45, 2.75) is 24.9 Å². The summed E-state index contributed by atoms with van der Waals surface area (Å²) in [6.45, 7) is 1.06. The zero-order valence-electron chi connectivity index (χ0n) is 14.3. The molecule has 4 rings (SSSR count). The van der Waals surface area contributed by atoms with Gasteiger partial charge in [0.1, 0.15) is 10.6 Å². The van der Waals surface area contributed by atoms with Crippen LogP contribution in [0.4, 0.5) is 13.2 Å². The molecule has 1 aliphatic heterocycles. The number of amides is 1. The quantitative estimate of drug-likeness (QED) is 0.655. The topological polar surface area (TPSA) is 97.9 Å². The summed E-state index contributed by atoms with van der Waals surface area (Å²) in [5.41, 5.74) is 2.25. The third kappa shape index (κ3) is 3.72. The monoisotopic (exact) mass is 410 g/mol. The van der Waals surface area contributed by atoms with Gasteiger partial charge in [-0.15, -0.1) is 11.3 Å². The molecule has 0 aromatic carbocycles. The van der Waals surface area contributed by atoms with E-state index in [9.17, 15) is 18.0 Å². The van der Waals surface area contributed by atoms with Crippen LogP contribution in [0.15, 0.2) is 28.6 Å². The summed E-state index contributed by atoms with van der Waals surface area (Å²) in [5, 5.41) is 3.34. The minimum absolute atomic E-state index is 0.0858. The van der Waals surface area contributed by atoms with Crippen molar-refractivity contribution < 1.29 is 22.5 Å². The molecule has 8 nitrogen and oxygen atoms in total. The second kappa shape index (κ2) is 7.26. The zero-order valence-corrected chi connectivity index (χ0v) is 15.1. The summed E-state index contributed by atoms with van der Waals surface area (Å²) in [6, 6.07) is 0. The van der Waals surface area contributed by atoms with Crippen LogP contribution in [-0.2, 0) is 6.18 Å². The van der Waals surface area contributed by atoms with E-state index in [-0.39, 0.29) is 23.3 Å². The first-order chi connectivity index (χ1) is 13.4. The maximum atomic E-state index is 12.6. The predicted molar refractivity (Wildman–Crippen MR) is 90.3 cm³/mol. The van der Waals surface area contributed by atoms with Gasteiger partial charge in [-0.3, -0.25) is 14.8 Å². The van der Waals surface area contributed by atoms with Crippen molar-refractivity contribution in [3.05, 3.63) is 40.6 Å². The largest absolute Gasteiger partial charge is 0.471 e. The number of thiazole rings is 1. The smallest absolute Gasteiger partial charge is 0.337 e. The molecular weight excluding hydrogens is 397 g/mol. The van der Waals surface area contributed by atoms with Gasteiger partial charge in [-0.05, 0) is 12.8 Å². The Kier molecular flexibility index (Phi) is 4.79. The van der Waals surface area contributed by atoms with Gasteiger partial charge in [0.2, 0.25) is 5.82 Å². The lowest BCUT2D eigenvalue weighted by atomic mass is 9.95. The maximum Gasteiger partial charge on any atom is 0.471 e. The highest BCUT2D eigenvalue weighted by Crippen LogP contribution is 2.30. The zero-order chi connectivity index (χ0) is 19.7. The number of piperidine rings is 1. The number of carbonyl (C=O) groups excluding carboxylic acids is 1. The van der Waals surface area contributed by atoms with Gasteiger partial charge >= 0.3 is 12.1 Å². The van der Waals surface area contributed by atoms with E-state index in [1.54, 1.807) is 16.6 Å². The molecule has 0 N–H and O–H groups in total. The van der Waals surface area contributed by atoms with Crippen molar-refractivity contribution in [2.75, 3.05) is 13.1 Å². The van der Waals surface area contributed by atoms with Crippen molar-refractivity contribution in [1.82, 2.24) is 30.0 Å². The number of nitrogens with zero attached hydrogens (tertiary/aromatic N) is 6. The molecule has 1 aliphatic rings. The van der Waals surface area contributed by atoms with Crippen LogP contribution in [0.2, 0.25) is 0 Å². The molecule has 4 heterocycles. The lowest BCUT2D eigenvalue weighted by Crippen LogP contribution is -2.39. The van der Waals surface area contributed by atoms with Gasteiger partial charge in [0.05, 0.1) is 23.6 Å². The molecule has 1 fully saturated rings. The van der Waals surface area contributed by atoms with Crippen LogP contribution in [0.5, 0.6) is 0 Å². The van der Waals surface area contributed by atoms with Gasteiger partial charge in [0.15, 0.2) is 0 Å². The molecule has 12 heteroatoms. The minimum atomic E-state index is -4.73. The van der Waals surface area contributed by atoms with E-state index >= 15 is 0 Å². The fourth-order valence-corrected chi connectivity index (χ4v) is 3.60. The third-order valence-electron chi connectivity index (χ3n) is 4.32. The van der Waals surface area contributed by atoms with E-state index in [4.69, 9.17) is 0 Å². The molecular formula is C16H13F3N6O2S. The number of rotatable bonds is 3. The summed E-state index contributed by atoms with van der Waals surface area (Å²) in [6.07, 6.45) is 1.19. The number of likely N-dealkylation sites (tertiary alicyclic amines) is 1. The number of hydrogen-bond acceptors (Lipinski definition) is 8. The number of alkyl halides is 3. The molecule has 0 saturated carbocycles. The summed E-state index contributed by atoms with van der Waals surface area (Å²) in [5.74, 6) is -1.90. The summed E-state index contributed by atoms with van der Waals surface area (Å²) >= 11 is 1.28. The Labute approximate surface area is 160 Å². The van der Waals surface area contributed by atoms with Crippen molar-refractivity contribution in [1.29, 1.82) is 0 Å². The minimum Gasteiger partial charge on any atom is -0.337 e. The summed E-state index contributed by atoms with van der Waals surface area (Å²) in [4.78, 5) is 30.5. The van der Waals surface area contributed by atoms with Crippen LogP contribution in [-0.4, -0.2) is 49.0 Å². The lowest BCUT2D eigenvalue weighted by Gasteiger charge is -2.32. The standard InChI is InChI=1S/C16H13F3N6O2S/c17-16(18,19)15-23-13(24-27-15)11-5-20-4-10(22-11)9-2-1-3-25(7-9)14(26)12-6-21-8-28-12/h4-6,8-9H,1-3,7H2/t9-/m0/s1. The van der Waals surface area contributed by atoms with Gasteiger partial charge in [0, 0.05) is 25.2 Å². The van der Waals surface area contributed by atoms with E-state index < -0.39 is 12.1 Å². The van der Waals surface area contributed by atoms with Gasteiger partial charge in [-0.1, -0.05) is 5.16 Å². The molecule has 1 amide bonds. The van der Waals surface area contributed by atoms with Gasteiger partial charge in [-0.2, -0.15) is 18.2 Å². The van der Waals surface area contributed by atoms with Gasteiger partial charge in [-0.25, -0.2) is 4.98 Å². The van der Waals surface area contributed by atoms with Crippen LogP contribution < -0.4 is 0 Å². The first kappa shape index (κ1) is 18.5. The first-order valence-corrected chi connectivity index (χ1v) is 9.21. The molecule has 0 aliphatic carbocycles. The Hall–Kier alpha value is -2.89. The van der Waals surface area contributed by atoms with E-state index in [1.165, 1.54) is 23.7 Å². The molecule has 1 saturated heterocycles. The first-order valence-electron chi connectivity index (χ1n) is 8.33. The van der Waals surface area contributed by atoms with Crippen molar-refractivity contribution in [3.63, 3.8) is 0 Å². The molecule has 28 heavy (non-hydrogen) atoms. The Morgan fingerprint density at radius 1 is 1.21 bits per heavy atom. The van der Waals surface area contributed by atoms with E-state index in [2.05, 4.69) is 29.6 Å². The number of aromatic nitrogens is 5. The number of hydrogen-bond donors (Lipinski definition) is 0. The highest BCUT2D eigenvalue weighted by Gasteiger charge is 2.38. The van der Waals surface area contributed by atoms with Crippen molar-refractivity contribution >= 4 is 17.2 Å². The molecule has 1 atom stereocenters. The number of halogens is 3. The molecule has 146 valence electrons. The van der Waals surface area contributed by atoms with E-state index in [0.29, 0.717) is 23.7 Å². The van der Waals surface area contributed by atoms with E-state index in [1.807, 2.05) is 0 Å². The maximum absolute atomic E-state index is 12.6. The molecule has 0 spiro atoms. The SMILES string of the molecule is O=C(c1cncs1)N1CCC[C@H](c2cncc(-c3noc(C(F)(F)F)n3)n2)C1. The van der Waals surface area contributed by atoms with Gasteiger partial charge < -0.3 is 9.42 Å². The summed E-state index contributed by atoms with van der Waals surface area (Å²) < 4.78 is 42.2. The predicted octanol–water partition coefficient (Wildman–Crippen LogP) is 3.02. The highest BCUT2D eigenvalue weighted by molar-refractivity contribution is 7.11. The molecule has 0 radical (unpaired) electrons. The van der Waals surface area contributed by atoms with Crippen LogP contribution in [0, 0.1) is 0 Å². The Balaban J connectivity index is 1.54. The second-order valence-corrected chi connectivity index (χ2v) is 7.09. The summed E-state index contributed by atoms with van der Waals surface area (Å²) in [7, 11) is 0. The number of carbonyl (C=O) groups is 1. The second-order valence-electron chi connectivity index (χ2n) is 6.21. The van der Waals surface area contributed by atoms with Crippen LogP contribution in [0.1, 0.15) is 40.0 Å².